The summed E-state index contributed by atoms with van der Waals surface area (Å²) >= 11 is 0. The van der Waals surface area contributed by atoms with E-state index in [1.54, 1.807) is 0 Å². The molecule has 482 valence electrons. The van der Waals surface area contributed by atoms with Crippen LogP contribution in [-0.4, -0.2) is 251 Å². The molecule has 0 unspecified atom stereocenters. The van der Waals surface area contributed by atoms with Gasteiger partial charge in [0.1, 0.15) is 104 Å². The van der Waals surface area contributed by atoms with E-state index in [2.05, 4.69) is 54.5 Å². The summed E-state index contributed by atoms with van der Waals surface area (Å²) in [4.78, 5) is 15.2. The molecule has 25 nitrogen and oxygen atoms in total. The number of aliphatic hydroxyl groups is 14. The Morgan fingerprint density at radius 3 is 1.76 bits per heavy atom. The van der Waals surface area contributed by atoms with Crippen molar-refractivity contribution in [2.75, 3.05) is 19.8 Å². The van der Waals surface area contributed by atoms with Crippen molar-refractivity contribution in [2.24, 2.45) is 50.2 Å². The third kappa shape index (κ3) is 10.9. The van der Waals surface area contributed by atoms with Crippen LogP contribution in [0.3, 0.4) is 0 Å². The van der Waals surface area contributed by atoms with E-state index < -0.39 is 177 Å². The molecule has 5 aliphatic carbocycles. The molecule has 32 atom stereocenters. The highest BCUT2D eigenvalue weighted by atomic mass is 16.8. The maximum atomic E-state index is 15.2. The van der Waals surface area contributed by atoms with Crippen molar-refractivity contribution in [3.05, 3.63) is 11.6 Å². The first kappa shape index (κ1) is 65.2. The molecule has 0 aromatic rings. The Bertz CT molecular complexity index is 2340. The van der Waals surface area contributed by atoms with Crippen LogP contribution in [0.5, 0.6) is 0 Å². The molecule has 5 aliphatic heterocycles. The average molecular weight is 1210 g/mol. The Labute approximate surface area is 490 Å². The van der Waals surface area contributed by atoms with Crippen LogP contribution in [-0.2, 0) is 52.2 Å². The standard InChI is InChI=1S/C59H96O25/c1-24-34(62)38(66)42(70)49(77-24)82-46-29(21-60)79-48(45(73)41(46)69)76-23-30-37(65)40(68)44(72)51(80-30)84-53(74)59-18-16-54(3,4)20-27(59)26-10-11-32-56(7)14-13-33(55(5,6)31(56)12-15-58(32,9)57(26,8)17-19-59)81-52-47(36(64)28(61)22-75-52)83-50-43(71)39(67)35(63)25(2)78-50/h10,24-25,27-52,60-73H,11-23H2,1-9H3/t24-,25-,27+,28+,29+,30+,31-,32+,33-,34-,35-,36-,37+,38+,39+,40-,41+,42+,43+,44+,45+,46+,47+,48+,49-,50-,51-,52-,56-,57+,58+,59-/m0/s1. The first-order valence-electron chi connectivity index (χ1n) is 30.5. The Morgan fingerprint density at radius 2 is 1.13 bits per heavy atom. The number of aliphatic hydroxyl groups excluding tert-OH is 14. The number of carbonyl (C=O) groups is 1. The van der Waals surface area contributed by atoms with Gasteiger partial charge in [-0.1, -0.05) is 60.1 Å². The van der Waals surface area contributed by atoms with Gasteiger partial charge in [-0.25, -0.2) is 0 Å². The molecule has 0 radical (unpaired) electrons. The summed E-state index contributed by atoms with van der Waals surface area (Å²) in [6, 6.07) is 0. The van der Waals surface area contributed by atoms with Crippen molar-refractivity contribution in [2.45, 2.75) is 280 Å². The molecule has 5 heterocycles. The van der Waals surface area contributed by atoms with Gasteiger partial charge in [-0.2, -0.15) is 0 Å². The summed E-state index contributed by atoms with van der Waals surface area (Å²) in [6.45, 7) is 17.3. The largest absolute Gasteiger partial charge is 0.432 e. The van der Waals surface area contributed by atoms with Crippen molar-refractivity contribution < 1.29 is 124 Å². The van der Waals surface area contributed by atoms with Crippen LogP contribution in [0.25, 0.3) is 0 Å². The van der Waals surface area contributed by atoms with Crippen LogP contribution in [0.4, 0.5) is 0 Å². The highest BCUT2D eigenvalue weighted by Gasteiger charge is 2.70. The smallest absolute Gasteiger partial charge is 0.315 e. The predicted octanol–water partition coefficient (Wildman–Crippen LogP) is -1.52. The van der Waals surface area contributed by atoms with Gasteiger partial charge in [0.15, 0.2) is 25.2 Å². The van der Waals surface area contributed by atoms with Crippen molar-refractivity contribution in [3.8, 4) is 0 Å². The van der Waals surface area contributed by atoms with E-state index >= 15 is 4.79 Å². The summed E-state index contributed by atoms with van der Waals surface area (Å²) in [7, 11) is 0. The minimum atomic E-state index is -1.88. The molecule has 0 aromatic heterocycles. The molecular formula is C59H96O25. The lowest BCUT2D eigenvalue weighted by molar-refractivity contribution is -0.364. The minimum absolute atomic E-state index is 0.150. The molecule has 0 spiro atoms. The van der Waals surface area contributed by atoms with E-state index in [1.165, 1.54) is 19.4 Å². The molecule has 0 amide bonds. The number of ether oxygens (including phenoxy) is 10. The molecule has 9 fully saturated rings. The summed E-state index contributed by atoms with van der Waals surface area (Å²) in [5.41, 5.74) is -1.12. The van der Waals surface area contributed by atoms with Gasteiger partial charge in [-0.3, -0.25) is 4.79 Å². The first-order chi connectivity index (χ1) is 39.3. The number of rotatable bonds is 12. The lowest BCUT2D eigenvalue weighted by atomic mass is 9.33. The van der Waals surface area contributed by atoms with Crippen LogP contribution in [0.2, 0.25) is 0 Å². The third-order valence-corrected chi connectivity index (χ3v) is 23.0. The fourth-order valence-electron chi connectivity index (χ4n) is 17.5. The average Bonchev–Trinajstić information content (AvgIpc) is 0.705. The molecule has 14 N–H and O–H groups in total. The minimum Gasteiger partial charge on any atom is -0.432 e. The van der Waals surface area contributed by atoms with E-state index in [9.17, 15) is 71.5 Å². The van der Waals surface area contributed by atoms with E-state index in [1.807, 2.05) is 0 Å². The number of hydrogen-bond acceptors (Lipinski definition) is 25. The van der Waals surface area contributed by atoms with Crippen LogP contribution in [0.1, 0.15) is 127 Å². The van der Waals surface area contributed by atoms with Crippen LogP contribution >= 0.6 is 0 Å². The molecule has 10 aliphatic rings. The SMILES string of the molecule is C[C@@H]1O[C@@H](O[C@H]2[C@H](O[C@H]3CC[C@]4(C)[C@H]5CC=C6[C@H]7CC(C)(C)CC[C@]7(C(=O)O[C@@H]7O[C@H](CO[C@@H]8O[C@H](CO)[C@@H](O[C@@H]9O[C@@H](C)[C@H](O)[C@@H](O)[C@H]9O)[C@H](O)[C@H]8O)[C@@H](O)[C@H](O)[C@H]7O)CC[C@@]6(C)[C@]5(C)CC[C@H]4C3(C)C)OC[C@@H](O)[C@@H]2O)[C@H](O)[C@H](O)[C@H]1O. The molecule has 0 aromatic carbocycles. The summed E-state index contributed by atoms with van der Waals surface area (Å²) < 4.78 is 59.6. The van der Waals surface area contributed by atoms with Crippen molar-refractivity contribution in [1.82, 2.24) is 0 Å². The Balaban J connectivity index is 0.824. The second-order valence-corrected chi connectivity index (χ2v) is 28.6. The van der Waals surface area contributed by atoms with Crippen LogP contribution in [0, 0.1) is 50.2 Å². The second-order valence-electron chi connectivity index (χ2n) is 28.6. The maximum absolute atomic E-state index is 15.2. The van der Waals surface area contributed by atoms with Gasteiger partial charge in [0.25, 0.3) is 0 Å². The van der Waals surface area contributed by atoms with E-state index in [4.69, 9.17) is 47.4 Å². The zero-order valence-electron chi connectivity index (χ0n) is 49.7. The molecule has 5 saturated heterocycles. The molecule has 25 heteroatoms. The lowest BCUT2D eigenvalue weighted by Crippen LogP contribution is -2.66. The first-order valence-corrected chi connectivity index (χ1v) is 30.5. The van der Waals surface area contributed by atoms with Gasteiger partial charge in [0.05, 0.1) is 43.5 Å². The van der Waals surface area contributed by atoms with Gasteiger partial charge in [-0.05, 0) is 123 Å². The zero-order chi connectivity index (χ0) is 61.3. The summed E-state index contributed by atoms with van der Waals surface area (Å²) in [5.74, 6) is -0.449. The zero-order valence-corrected chi connectivity index (χ0v) is 49.7. The van der Waals surface area contributed by atoms with Gasteiger partial charge in [-0.15, -0.1) is 0 Å². The molecule has 10 rings (SSSR count). The molecule has 0 bridgehead atoms. The van der Waals surface area contributed by atoms with Crippen molar-refractivity contribution >= 4 is 5.97 Å². The number of fused-ring (bicyclic) bond motifs is 7. The quantitative estimate of drug-likeness (QED) is 0.0600. The number of esters is 1. The van der Waals surface area contributed by atoms with E-state index in [0.717, 1.165) is 25.7 Å². The van der Waals surface area contributed by atoms with E-state index in [0.29, 0.717) is 38.5 Å². The number of allylic oxidation sites excluding steroid dienone is 2. The molecule has 84 heavy (non-hydrogen) atoms. The lowest BCUT2D eigenvalue weighted by Gasteiger charge is -2.71. The second kappa shape index (κ2) is 23.8. The van der Waals surface area contributed by atoms with Crippen LogP contribution in [0.15, 0.2) is 11.6 Å². The van der Waals surface area contributed by atoms with Crippen molar-refractivity contribution in [3.63, 3.8) is 0 Å². The predicted molar refractivity (Wildman–Crippen MR) is 287 cm³/mol. The summed E-state index contributed by atoms with van der Waals surface area (Å²) in [5, 5.41) is 151. The van der Waals surface area contributed by atoms with Gasteiger partial charge >= 0.3 is 5.97 Å². The van der Waals surface area contributed by atoms with Gasteiger partial charge in [0, 0.05) is 0 Å². The molecular weight excluding hydrogens is 1110 g/mol. The van der Waals surface area contributed by atoms with Crippen LogP contribution < -0.4 is 0 Å². The monoisotopic (exact) mass is 1200 g/mol. The van der Waals surface area contributed by atoms with Gasteiger partial charge in [0.2, 0.25) is 6.29 Å². The maximum Gasteiger partial charge on any atom is 0.315 e. The Morgan fingerprint density at radius 1 is 0.560 bits per heavy atom. The number of carbonyl (C=O) groups excluding carboxylic acids is 1. The topological polar surface area (TPSA) is 393 Å². The van der Waals surface area contributed by atoms with Gasteiger partial charge < -0.3 is 119 Å². The highest BCUT2D eigenvalue weighted by molar-refractivity contribution is 5.79. The highest BCUT2D eigenvalue weighted by Crippen LogP contribution is 2.76. The Kier molecular flexibility index (Phi) is 18.5. The fourth-order valence-corrected chi connectivity index (χ4v) is 17.5. The fraction of sp³-hybridized carbons (Fsp3) is 0.949. The number of hydrogen-bond donors (Lipinski definition) is 14. The normalized spacial score (nSPS) is 54.6. The Hall–Kier alpha value is -1.71. The summed E-state index contributed by atoms with van der Waals surface area (Å²) in [6.07, 6.45) is -27.9. The molecule has 4 saturated carbocycles. The van der Waals surface area contributed by atoms with E-state index in [-0.39, 0.29) is 52.1 Å². The third-order valence-electron chi connectivity index (χ3n) is 23.0. The van der Waals surface area contributed by atoms with Crippen molar-refractivity contribution in [1.29, 1.82) is 0 Å².